The maximum atomic E-state index is 10.9. The molecule has 2 heterocycles. The van der Waals surface area contributed by atoms with E-state index in [1.54, 1.807) is 6.07 Å². The molecule has 0 unspecified atom stereocenters. The molecule has 0 saturated carbocycles. The molecular formula is C14H11N3O3S2. The Morgan fingerprint density at radius 1 is 1.23 bits per heavy atom. The Balaban J connectivity index is 1.99. The first-order chi connectivity index (χ1) is 10.5. The molecule has 2 N–H and O–H groups in total. The average Bonchev–Trinajstić information content (AvgIpc) is 3.04. The number of benzene rings is 1. The third-order valence-corrected chi connectivity index (χ3v) is 4.84. The largest absolute Gasteiger partial charge is 0.507 e. The maximum absolute atomic E-state index is 10.9. The number of carbonyl (C=O) groups is 1. The molecular weight excluding hydrogens is 322 g/mol. The predicted octanol–water partition coefficient (Wildman–Crippen LogP) is 3.35. The van der Waals surface area contributed by atoms with Crippen LogP contribution in [-0.4, -0.2) is 30.5 Å². The Hall–Kier alpha value is -2.32. The van der Waals surface area contributed by atoms with E-state index in [-0.39, 0.29) is 11.3 Å². The van der Waals surface area contributed by atoms with E-state index in [4.69, 9.17) is 5.11 Å². The van der Waals surface area contributed by atoms with Crippen molar-refractivity contribution in [1.29, 1.82) is 0 Å². The molecule has 0 amide bonds. The summed E-state index contributed by atoms with van der Waals surface area (Å²) in [6.45, 7) is 3.84. The number of phenols is 1. The van der Waals surface area contributed by atoms with Gasteiger partial charge in [-0.2, -0.15) is 4.37 Å². The van der Waals surface area contributed by atoms with Crippen LogP contribution in [0.4, 0.5) is 0 Å². The second-order valence-corrected chi connectivity index (χ2v) is 6.56. The van der Waals surface area contributed by atoms with Crippen LogP contribution < -0.4 is 0 Å². The first-order valence-electron chi connectivity index (χ1n) is 6.30. The summed E-state index contributed by atoms with van der Waals surface area (Å²) in [5, 5.41) is 20.3. The molecule has 3 rings (SSSR count). The van der Waals surface area contributed by atoms with Crippen LogP contribution in [0.1, 0.15) is 21.1 Å². The molecule has 3 aromatic rings. The van der Waals surface area contributed by atoms with Gasteiger partial charge in [-0.1, -0.05) is 6.07 Å². The third-order valence-electron chi connectivity index (χ3n) is 3.01. The first-order valence-corrected chi connectivity index (χ1v) is 7.89. The highest BCUT2D eigenvalue weighted by atomic mass is 32.1. The van der Waals surface area contributed by atoms with Gasteiger partial charge in [-0.05, 0) is 37.5 Å². The summed E-state index contributed by atoms with van der Waals surface area (Å²) in [7, 11) is 0. The predicted molar refractivity (Wildman–Crippen MR) is 84.6 cm³/mol. The summed E-state index contributed by atoms with van der Waals surface area (Å²) in [6.07, 6.45) is 0. The van der Waals surface area contributed by atoms with Crippen LogP contribution >= 0.6 is 22.9 Å². The zero-order valence-corrected chi connectivity index (χ0v) is 13.3. The summed E-state index contributed by atoms with van der Waals surface area (Å²) in [6, 6.07) is 4.35. The van der Waals surface area contributed by atoms with E-state index in [2.05, 4.69) is 14.3 Å². The van der Waals surface area contributed by atoms with Gasteiger partial charge in [-0.15, -0.1) is 11.3 Å². The molecule has 0 atom stereocenters. The number of rotatable bonds is 3. The minimum atomic E-state index is -1.17. The van der Waals surface area contributed by atoms with Crippen molar-refractivity contribution in [1.82, 2.24) is 14.3 Å². The van der Waals surface area contributed by atoms with Crippen LogP contribution in [0.25, 0.3) is 21.3 Å². The minimum Gasteiger partial charge on any atom is -0.507 e. The van der Waals surface area contributed by atoms with Crippen LogP contribution in [0.2, 0.25) is 0 Å². The van der Waals surface area contributed by atoms with Gasteiger partial charge in [-0.3, -0.25) is 0 Å². The number of nitrogens with zero attached hydrogens (tertiary/aromatic N) is 3. The number of carboxylic acid groups (broad SMARTS) is 1. The summed E-state index contributed by atoms with van der Waals surface area (Å²) in [5.41, 5.74) is 1.38. The van der Waals surface area contributed by atoms with Crippen molar-refractivity contribution in [3.63, 3.8) is 0 Å². The molecule has 0 radical (unpaired) electrons. The standard InChI is InChI=1S/C14H11N3O3S2/c1-6-11(21-7(2)15-6)12-16-13(22-17-12)8-3-4-9(14(19)20)10(18)5-8/h3-5,18H,1-2H3,(H,19,20). The van der Waals surface area contributed by atoms with Gasteiger partial charge < -0.3 is 10.2 Å². The fourth-order valence-electron chi connectivity index (χ4n) is 2.02. The van der Waals surface area contributed by atoms with Crippen molar-refractivity contribution in [2.75, 3.05) is 0 Å². The number of aromatic hydroxyl groups is 1. The van der Waals surface area contributed by atoms with E-state index >= 15 is 0 Å². The Morgan fingerprint density at radius 2 is 2.00 bits per heavy atom. The minimum absolute atomic E-state index is 0.137. The van der Waals surface area contributed by atoms with Gasteiger partial charge in [0.15, 0.2) is 5.82 Å². The van der Waals surface area contributed by atoms with Crippen molar-refractivity contribution in [3.05, 3.63) is 34.5 Å². The Morgan fingerprint density at radius 3 is 2.59 bits per heavy atom. The van der Waals surface area contributed by atoms with E-state index in [1.165, 1.54) is 35.0 Å². The van der Waals surface area contributed by atoms with Gasteiger partial charge in [0.05, 0.1) is 15.6 Å². The molecule has 0 bridgehead atoms. The van der Waals surface area contributed by atoms with Crippen LogP contribution in [0.15, 0.2) is 18.2 Å². The van der Waals surface area contributed by atoms with Gasteiger partial charge in [-0.25, -0.2) is 14.8 Å². The van der Waals surface area contributed by atoms with Gasteiger partial charge in [0.25, 0.3) is 0 Å². The summed E-state index contributed by atoms with van der Waals surface area (Å²) < 4.78 is 4.33. The van der Waals surface area contributed by atoms with Crippen molar-refractivity contribution in [2.24, 2.45) is 0 Å². The lowest BCUT2D eigenvalue weighted by atomic mass is 10.1. The summed E-state index contributed by atoms with van der Waals surface area (Å²) >= 11 is 2.73. The molecule has 22 heavy (non-hydrogen) atoms. The Kier molecular flexibility index (Phi) is 3.63. The van der Waals surface area contributed by atoms with Gasteiger partial charge in [0, 0.05) is 5.56 Å². The fraction of sp³-hybridized carbons (Fsp3) is 0.143. The zero-order chi connectivity index (χ0) is 15.9. The molecule has 0 saturated heterocycles. The highest BCUT2D eigenvalue weighted by Crippen LogP contribution is 2.33. The zero-order valence-electron chi connectivity index (χ0n) is 11.7. The molecule has 0 aliphatic rings. The number of aromatic nitrogens is 3. The van der Waals surface area contributed by atoms with Crippen LogP contribution in [-0.2, 0) is 0 Å². The maximum Gasteiger partial charge on any atom is 0.339 e. The SMILES string of the molecule is Cc1nc(C)c(-c2nsc(-c3ccc(C(=O)O)c(O)c3)n2)s1. The van der Waals surface area contributed by atoms with E-state index in [0.717, 1.165) is 15.6 Å². The van der Waals surface area contributed by atoms with E-state index in [0.29, 0.717) is 16.4 Å². The number of hydrogen-bond donors (Lipinski definition) is 2. The van der Waals surface area contributed by atoms with Crippen molar-refractivity contribution < 1.29 is 15.0 Å². The molecule has 2 aromatic heterocycles. The topological polar surface area (TPSA) is 96.2 Å². The summed E-state index contributed by atoms with van der Waals surface area (Å²) in [5.74, 6) is -0.853. The molecule has 0 aliphatic heterocycles. The molecule has 0 fully saturated rings. The number of aromatic carboxylic acids is 1. The van der Waals surface area contributed by atoms with E-state index in [9.17, 15) is 9.90 Å². The van der Waals surface area contributed by atoms with Crippen molar-refractivity contribution in [3.8, 4) is 27.0 Å². The lowest BCUT2D eigenvalue weighted by Gasteiger charge is -2.01. The van der Waals surface area contributed by atoms with Gasteiger partial charge >= 0.3 is 5.97 Å². The molecule has 8 heteroatoms. The molecule has 0 spiro atoms. The first kappa shape index (κ1) is 14.6. The Labute approximate surface area is 133 Å². The second kappa shape index (κ2) is 5.47. The average molecular weight is 333 g/mol. The highest BCUT2D eigenvalue weighted by molar-refractivity contribution is 7.15. The smallest absolute Gasteiger partial charge is 0.339 e. The van der Waals surface area contributed by atoms with Crippen LogP contribution in [0.3, 0.4) is 0 Å². The van der Waals surface area contributed by atoms with Gasteiger partial charge in [0.1, 0.15) is 16.3 Å². The van der Waals surface area contributed by atoms with E-state index in [1.807, 2.05) is 13.8 Å². The Bertz CT molecular complexity index is 870. The lowest BCUT2D eigenvalue weighted by molar-refractivity contribution is 0.0694. The number of thiazole rings is 1. The second-order valence-electron chi connectivity index (χ2n) is 4.61. The van der Waals surface area contributed by atoms with Crippen molar-refractivity contribution in [2.45, 2.75) is 13.8 Å². The molecule has 112 valence electrons. The van der Waals surface area contributed by atoms with Crippen LogP contribution in [0, 0.1) is 13.8 Å². The molecule has 0 aliphatic carbocycles. The number of aryl methyl sites for hydroxylation is 2. The normalized spacial score (nSPS) is 10.8. The van der Waals surface area contributed by atoms with E-state index < -0.39 is 5.97 Å². The lowest BCUT2D eigenvalue weighted by Crippen LogP contribution is -1.96. The highest BCUT2D eigenvalue weighted by Gasteiger charge is 2.16. The summed E-state index contributed by atoms with van der Waals surface area (Å²) in [4.78, 5) is 20.6. The number of hydrogen-bond acceptors (Lipinski definition) is 7. The third kappa shape index (κ3) is 2.58. The monoisotopic (exact) mass is 333 g/mol. The molecule has 6 nitrogen and oxygen atoms in total. The van der Waals surface area contributed by atoms with Crippen LogP contribution in [0.5, 0.6) is 5.75 Å². The quantitative estimate of drug-likeness (QED) is 0.763. The number of carboxylic acids is 1. The molecule has 1 aromatic carbocycles. The fourth-order valence-corrected chi connectivity index (χ4v) is 3.59. The van der Waals surface area contributed by atoms with Gasteiger partial charge in [0.2, 0.25) is 0 Å². The van der Waals surface area contributed by atoms with Crippen molar-refractivity contribution >= 4 is 28.8 Å².